The summed E-state index contributed by atoms with van der Waals surface area (Å²) in [7, 11) is 0. The first-order chi connectivity index (χ1) is 12.5. The van der Waals surface area contributed by atoms with Crippen molar-refractivity contribution in [2.75, 3.05) is 10.6 Å². The van der Waals surface area contributed by atoms with E-state index < -0.39 is 11.7 Å². The van der Waals surface area contributed by atoms with E-state index in [9.17, 15) is 13.2 Å². The van der Waals surface area contributed by atoms with Crippen molar-refractivity contribution >= 4 is 42.3 Å². The molecule has 0 radical (unpaired) electrons. The Morgan fingerprint density at radius 1 is 1.00 bits per heavy atom. The van der Waals surface area contributed by atoms with E-state index in [0.717, 1.165) is 37.6 Å². The van der Waals surface area contributed by atoms with Crippen LogP contribution in [0.1, 0.15) is 54.5 Å². The molecule has 3 heterocycles. The number of benzene rings is 1. The second kappa shape index (κ2) is 7.57. The molecule has 5 nitrogen and oxygen atoms in total. The van der Waals surface area contributed by atoms with Gasteiger partial charge in [0.2, 0.25) is 5.95 Å². The van der Waals surface area contributed by atoms with Crippen molar-refractivity contribution in [3.05, 3.63) is 41.1 Å². The fraction of sp³-hybridized carbons (Fsp3) is 0.444. The van der Waals surface area contributed by atoms with Gasteiger partial charge in [-0.1, -0.05) is 6.07 Å². The molecule has 2 bridgehead atoms. The number of nitrogens with zero attached hydrogens (tertiary/aromatic N) is 2. The molecule has 5 rings (SSSR count). The van der Waals surface area contributed by atoms with Crippen molar-refractivity contribution in [2.45, 2.75) is 50.0 Å². The summed E-state index contributed by atoms with van der Waals surface area (Å²) in [4.78, 5) is 7.96. The maximum atomic E-state index is 13.2. The average Bonchev–Trinajstić information content (AvgIpc) is 3.17. The minimum Gasteiger partial charge on any atom is -0.367 e. The molecule has 1 saturated heterocycles. The number of fused-ring (bicyclic) bond motifs is 5. The molecule has 1 aromatic carbocycles. The Kier molecular flexibility index (Phi) is 5.67. The van der Waals surface area contributed by atoms with Crippen molar-refractivity contribution in [1.29, 1.82) is 0 Å². The van der Waals surface area contributed by atoms with E-state index in [4.69, 9.17) is 0 Å². The van der Waals surface area contributed by atoms with Crippen molar-refractivity contribution in [2.24, 2.45) is 0 Å². The van der Waals surface area contributed by atoms with Crippen LogP contribution < -0.4 is 16.0 Å². The molecule has 3 aliphatic rings. The first kappa shape index (κ1) is 21.0. The number of hydrogen-bond acceptors (Lipinski definition) is 5. The summed E-state index contributed by atoms with van der Waals surface area (Å²) in [5, 5.41) is 9.46. The van der Waals surface area contributed by atoms with E-state index >= 15 is 0 Å². The van der Waals surface area contributed by atoms with Crippen molar-refractivity contribution in [3.8, 4) is 0 Å². The summed E-state index contributed by atoms with van der Waals surface area (Å²) >= 11 is 0. The standard InChI is InChI=1S/C18H18F3N5.2ClH/c19-18(20,21)13-8-22-17(26-16(13)23-9-1-2-9)24-10-3-4-11-12(7-10)15-6-5-14(11)25-15;;/h3-4,7-9,14-15,25H,1-2,5-6H2,(H2,22,23,24,26);2*1H. The molecule has 1 aromatic heterocycles. The van der Waals surface area contributed by atoms with Crippen LogP contribution in [0.3, 0.4) is 0 Å². The maximum absolute atomic E-state index is 13.2. The van der Waals surface area contributed by atoms with Crippen molar-refractivity contribution in [3.63, 3.8) is 0 Å². The molecule has 10 heteroatoms. The van der Waals surface area contributed by atoms with Crippen LogP contribution in [0.2, 0.25) is 0 Å². The summed E-state index contributed by atoms with van der Waals surface area (Å²) < 4.78 is 39.5. The Balaban J connectivity index is 0.00000112. The van der Waals surface area contributed by atoms with Gasteiger partial charge in [0, 0.05) is 30.0 Å². The number of anilines is 3. The molecule has 2 atom stereocenters. The van der Waals surface area contributed by atoms with Crippen LogP contribution in [-0.2, 0) is 6.18 Å². The van der Waals surface area contributed by atoms with Gasteiger partial charge in [-0.05, 0) is 48.9 Å². The molecule has 3 N–H and O–H groups in total. The van der Waals surface area contributed by atoms with Crippen LogP contribution in [0.4, 0.5) is 30.6 Å². The average molecular weight is 434 g/mol. The maximum Gasteiger partial charge on any atom is 0.421 e. The fourth-order valence-electron chi connectivity index (χ4n) is 3.81. The van der Waals surface area contributed by atoms with Gasteiger partial charge in [0.25, 0.3) is 0 Å². The van der Waals surface area contributed by atoms with Crippen molar-refractivity contribution < 1.29 is 13.2 Å². The predicted octanol–water partition coefficient (Wildman–Crippen LogP) is 5.14. The molecule has 2 fully saturated rings. The number of halogens is 5. The Bertz CT molecular complexity index is 873. The van der Waals surface area contributed by atoms with Gasteiger partial charge in [-0.3, -0.25) is 0 Å². The molecule has 0 amide bonds. The highest BCUT2D eigenvalue weighted by atomic mass is 35.5. The third-order valence-electron chi connectivity index (χ3n) is 5.25. The van der Waals surface area contributed by atoms with E-state index in [1.165, 1.54) is 11.1 Å². The van der Waals surface area contributed by atoms with Crippen LogP contribution in [0.15, 0.2) is 24.4 Å². The minimum atomic E-state index is -4.48. The predicted molar refractivity (Wildman–Crippen MR) is 106 cm³/mol. The minimum absolute atomic E-state index is 0. The van der Waals surface area contributed by atoms with E-state index in [1.807, 2.05) is 12.1 Å². The molecule has 1 aliphatic carbocycles. The third kappa shape index (κ3) is 3.86. The summed E-state index contributed by atoms with van der Waals surface area (Å²) in [6.07, 6.45) is 0.371. The zero-order valence-corrected chi connectivity index (χ0v) is 16.3. The zero-order valence-electron chi connectivity index (χ0n) is 14.7. The lowest BCUT2D eigenvalue weighted by atomic mass is 9.91. The van der Waals surface area contributed by atoms with Gasteiger partial charge in [-0.2, -0.15) is 18.2 Å². The van der Waals surface area contributed by atoms with Gasteiger partial charge in [0.1, 0.15) is 11.4 Å². The molecule has 152 valence electrons. The number of hydrogen-bond donors (Lipinski definition) is 3. The first-order valence-electron chi connectivity index (χ1n) is 8.85. The van der Waals surface area contributed by atoms with Crippen molar-refractivity contribution in [1.82, 2.24) is 15.3 Å². The Morgan fingerprint density at radius 2 is 1.71 bits per heavy atom. The molecular formula is C18H20Cl2F3N5. The largest absolute Gasteiger partial charge is 0.421 e. The SMILES string of the molecule is Cl.Cl.FC(F)(F)c1cnc(Nc2ccc3c(c2)C2CCC3N2)nc1NC1CC1. The monoisotopic (exact) mass is 433 g/mol. The number of nitrogens with one attached hydrogen (secondary N) is 3. The summed E-state index contributed by atoms with van der Waals surface area (Å²) in [6, 6.07) is 6.91. The van der Waals surface area contributed by atoms with Gasteiger partial charge in [-0.25, -0.2) is 4.98 Å². The quantitative estimate of drug-likeness (QED) is 0.623. The van der Waals surface area contributed by atoms with Gasteiger partial charge in [-0.15, -0.1) is 24.8 Å². The molecular weight excluding hydrogens is 414 g/mol. The first-order valence-corrected chi connectivity index (χ1v) is 8.85. The smallest absolute Gasteiger partial charge is 0.367 e. The third-order valence-corrected chi connectivity index (χ3v) is 5.25. The van der Waals surface area contributed by atoms with E-state index in [0.29, 0.717) is 12.1 Å². The highest BCUT2D eigenvalue weighted by molar-refractivity contribution is 5.85. The fourth-order valence-corrected chi connectivity index (χ4v) is 3.81. The molecule has 0 spiro atoms. The van der Waals surface area contributed by atoms with E-state index in [-0.39, 0.29) is 42.6 Å². The lowest BCUT2D eigenvalue weighted by Gasteiger charge is -2.16. The summed E-state index contributed by atoms with van der Waals surface area (Å²) in [5.41, 5.74) is 2.53. The van der Waals surface area contributed by atoms with Crippen LogP contribution in [0, 0.1) is 0 Å². The highest BCUT2D eigenvalue weighted by Crippen LogP contribution is 2.45. The molecule has 2 aromatic rings. The Labute approximate surface area is 172 Å². The van der Waals surface area contributed by atoms with E-state index in [1.54, 1.807) is 0 Å². The zero-order chi connectivity index (χ0) is 17.9. The molecule has 1 saturated carbocycles. The van der Waals surface area contributed by atoms with Gasteiger partial charge >= 0.3 is 6.18 Å². The second-order valence-corrected chi connectivity index (χ2v) is 7.19. The number of alkyl halides is 3. The molecule has 28 heavy (non-hydrogen) atoms. The Hall–Kier alpha value is -1.77. The lowest BCUT2D eigenvalue weighted by Crippen LogP contribution is -2.15. The summed E-state index contributed by atoms with van der Waals surface area (Å²) in [6.45, 7) is 0. The van der Waals surface area contributed by atoms with Gasteiger partial charge in [0.05, 0.1) is 0 Å². The number of aromatic nitrogens is 2. The lowest BCUT2D eigenvalue weighted by molar-refractivity contribution is -0.137. The number of rotatable bonds is 4. The van der Waals surface area contributed by atoms with Crippen LogP contribution in [0.25, 0.3) is 0 Å². The van der Waals surface area contributed by atoms with Crippen LogP contribution in [-0.4, -0.2) is 16.0 Å². The van der Waals surface area contributed by atoms with Crippen LogP contribution >= 0.6 is 24.8 Å². The molecule has 2 aliphatic heterocycles. The molecule has 2 unspecified atom stereocenters. The highest BCUT2D eigenvalue weighted by Gasteiger charge is 2.37. The van der Waals surface area contributed by atoms with E-state index in [2.05, 4.69) is 32.0 Å². The second-order valence-electron chi connectivity index (χ2n) is 7.19. The summed E-state index contributed by atoms with van der Waals surface area (Å²) in [5.74, 6) is 0.0107. The van der Waals surface area contributed by atoms with Gasteiger partial charge < -0.3 is 16.0 Å². The Morgan fingerprint density at radius 3 is 2.39 bits per heavy atom. The van der Waals surface area contributed by atoms with Gasteiger partial charge in [0.15, 0.2) is 0 Å². The topological polar surface area (TPSA) is 61.9 Å². The normalized spacial score (nSPS) is 22.1. The van der Waals surface area contributed by atoms with Crippen LogP contribution in [0.5, 0.6) is 0 Å².